The molecule has 9 aliphatic rings. The number of benzene rings is 3. The van der Waals surface area contributed by atoms with Gasteiger partial charge in [0.25, 0.3) is 0 Å². The molecule has 3 aromatic carbocycles. The third kappa shape index (κ3) is 11.4. The van der Waals surface area contributed by atoms with Crippen molar-refractivity contribution in [1.82, 2.24) is 40.4 Å². The molecule has 4 fully saturated rings. The lowest BCUT2D eigenvalue weighted by molar-refractivity contribution is -0.135. The van der Waals surface area contributed by atoms with E-state index in [0.29, 0.717) is 61.4 Å². The van der Waals surface area contributed by atoms with Crippen LogP contribution in [-0.2, 0) is 25.5 Å². The van der Waals surface area contributed by atoms with Crippen molar-refractivity contribution in [2.24, 2.45) is 29.6 Å². The molecule has 16 heteroatoms. The smallest absolute Gasteiger partial charge is 0.407 e. The first-order chi connectivity index (χ1) is 38.5. The second kappa shape index (κ2) is 24.2. The molecule has 7 aliphatic carbocycles. The van der Waals surface area contributed by atoms with Crippen LogP contribution in [0.25, 0.3) is 39.2 Å². The predicted octanol–water partition coefficient (Wildman–Crippen LogP) is 12.2. The number of rotatable bonds is 16. The zero-order valence-electron chi connectivity index (χ0n) is 46.3. The van der Waals surface area contributed by atoms with Gasteiger partial charge in [-0.2, -0.15) is 23.5 Å². The van der Waals surface area contributed by atoms with Crippen LogP contribution in [0.4, 0.5) is 9.59 Å². The van der Waals surface area contributed by atoms with E-state index in [1.807, 2.05) is 34.7 Å². The van der Waals surface area contributed by atoms with E-state index < -0.39 is 24.3 Å². The highest BCUT2D eigenvalue weighted by molar-refractivity contribution is 7.98. The number of fused-ring (bicyclic) bond motifs is 2. The number of carbonyl (C=O) groups excluding carboxylic acids is 4. The van der Waals surface area contributed by atoms with Gasteiger partial charge in [-0.25, -0.2) is 19.6 Å². The topological polar surface area (TPSA) is 175 Å². The van der Waals surface area contributed by atoms with E-state index in [4.69, 9.17) is 19.4 Å². The number of allylic oxidation sites excluding steroid dienone is 4. The van der Waals surface area contributed by atoms with E-state index in [9.17, 15) is 19.2 Å². The fourth-order valence-corrected chi connectivity index (χ4v) is 15.2. The lowest BCUT2D eigenvalue weighted by Crippen LogP contribution is -2.49. The van der Waals surface area contributed by atoms with Gasteiger partial charge in [-0.15, -0.1) is 0 Å². The maximum absolute atomic E-state index is 14.2. The number of carbonyl (C=O) groups is 4. The first kappa shape index (κ1) is 54.7. The zero-order valence-corrected chi connectivity index (χ0v) is 47.9. The number of hydrogen-bond donors (Lipinski definition) is 4. The standard InChI is InChI=1S/C63H76N8O6S2/c1-37-30-45-15-13-38(31-50(45)40-16-21-42(22-17-40)54-33-64-58(66-54)56-48-10-6-8-46(48)35-70(56)60(72)52(26-28-78-4)68-62(74)76-2)12-14-39-20-25-44(37)32-51(39)41-18-23-43(24-19-41)55-34-65-59(67-55)57-49-11-7-9-47(49)36-71(57)61(73)53(27-29-79-5)69-63(75)77-3/h13,16-25,31-34,37,45-49,52-53,56-57H,6-12,14-15,26-30,35-36H2,1-5H3,(H,64,66)(H,65,67)(H,68,74)(H,69,75)/t37-,45-,46?,47?,48?,49?,52+,53+,56+,57+/m1/s1. The van der Waals surface area contributed by atoms with Gasteiger partial charge in [-0.1, -0.05) is 104 Å². The number of likely N-dealkylation sites (tertiary alicyclic amines) is 2. The molecule has 14 nitrogen and oxygen atoms in total. The molecule has 79 heavy (non-hydrogen) atoms. The van der Waals surface area contributed by atoms with Gasteiger partial charge in [0.1, 0.15) is 23.7 Å². The number of thioether (sulfide) groups is 2. The molecule has 5 aromatic rings. The highest BCUT2D eigenvalue weighted by Crippen LogP contribution is 2.51. The Hall–Kier alpha value is -6.26. The van der Waals surface area contributed by atoms with Crippen LogP contribution in [0.15, 0.2) is 96.8 Å². The second-order valence-electron chi connectivity index (χ2n) is 22.9. The molecule has 4 N–H and O–H groups in total. The Kier molecular flexibility index (Phi) is 16.8. The van der Waals surface area contributed by atoms with Gasteiger partial charge in [-0.05, 0) is 168 Å². The molecule has 2 aromatic heterocycles. The van der Waals surface area contributed by atoms with Crippen LogP contribution >= 0.6 is 23.5 Å². The van der Waals surface area contributed by atoms with E-state index in [-0.39, 0.29) is 23.9 Å². The first-order valence-electron chi connectivity index (χ1n) is 28.6. The van der Waals surface area contributed by atoms with Gasteiger partial charge >= 0.3 is 12.2 Å². The van der Waals surface area contributed by atoms with Crippen molar-refractivity contribution in [3.63, 3.8) is 0 Å². The summed E-state index contributed by atoms with van der Waals surface area (Å²) in [6.45, 7) is 3.72. The van der Waals surface area contributed by atoms with Crippen LogP contribution in [0.3, 0.4) is 0 Å². The van der Waals surface area contributed by atoms with Crippen LogP contribution in [0.2, 0.25) is 0 Å². The van der Waals surface area contributed by atoms with E-state index in [2.05, 4.69) is 106 Å². The van der Waals surface area contributed by atoms with E-state index >= 15 is 0 Å². The van der Waals surface area contributed by atoms with Crippen molar-refractivity contribution >= 4 is 53.1 Å². The van der Waals surface area contributed by atoms with Crippen LogP contribution in [0, 0.1) is 29.6 Å². The average molecular weight is 1110 g/mol. The van der Waals surface area contributed by atoms with Crippen LogP contribution < -0.4 is 10.6 Å². The molecule has 2 saturated heterocycles. The number of aromatic amines is 2. The van der Waals surface area contributed by atoms with Crippen LogP contribution in [0.5, 0.6) is 0 Å². The molecule has 14 rings (SSSR count). The Balaban J connectivity index is 0.782. The molecule has 2 saturated carbocycles. The number of H-pyrrole nitrogens is 2. The summed E-state index contributed by atoms with van der Waals surface area (Å²) in [5.41, 5.74) is 13.2. The number of nitrogens with zero attached hydrogens (tertiary/aromatic N) is 4. The Morgan fingerprint density at radius 1 is 0.684 bits per heavy atom. The molecule has 10 atom stereocenters. The molecule has 416 valence electrons. The minimum Gasteiger partial charge on any atom is -0.453 e. The Bertz CT molecular complexity index is 3080. The van der Waals surface area contributed by atoms with Crippen molar-refractivity contribution < 1.29 is 28.7 Å². The van der Waals surface area contributed by atoms with Crippen molar-refractivity contribution in [2.45, 2.75) is 114 Å². The summed E-state index contributed by atoms with van der Waals surface area (Å²) in [6.07, 6.45) is 23.2. The number of hydrogen-bond acceptors (Lipinski definition) is 10. The zero-order chi connectivity index (χ0) is 54.7. The fraction of sp³-hybridized carbons (Fsp3) is 0.492. The number of aryl methyl sites for hydroxylation is 1. The van der Waals surface area contributed by atoms with Crippen molar-refractivity contribution in [3.05, 3.63) is 125 Å². The molecule has 4 heterocycles. The lowest BCUT2D eigenvalue weighted by Gasteiger charge is -2.30. The van der Waals surface area contributed by atoms with Gasteiger partial charge < -0.3 is 39.9 Å². The summed E-state index contributed by atoms with van der Waals surface area (Å²) in [6, 6.07) is 23.3. The molecular formula is C63H76N8O6S2. The summed E-state index contributed by atoms with van der Waals surface area (Å²) in [5.74, 6) is 5.18. The van der Waals surface area contributed by atoms with Crippen LogP contribution in [-0.4, -0.2) is 117 Å². The summed E-state index contributed by atoms with van der Waals surface area (Å²) < 4.78 is 9.83. The minimum absolute atomic E-state index is 0.0647. The number of alkyl carbamates (subject to hydrolysis) is 2. The van der Waals surface area contributed by atoms with Gasteiger partial charge in [0.2, 0.25) is 11.8 Å². The first-order valence-corrected chi connectivity index (χ1v) is 31.4. The maximum atomic E-state index is 14.2. The third-order valence-corrected chi connectivity index (χ3v) is 19.7. The monoisotopic (exact) mass is 1100 g/mol. The highest BCUT2D eigenvalue weighted by atomic mass is 32.2. The Morgan fingerprint density at radius 3 is 1.72 bits per heavy atom. The molecule has 0 spiro atoms. The predicted molar refractivity (Wildman–Crippen MR) is 314 cm³/mol. The number of ether oxygens (including phenoxy) is 2. The number of nitrogens with one attached hydrogen (secondary N) is 4. The second-order valence-corrected chi connectivity index (χ2v) is 24.9. The molecule has 2 aliphatic heterocycles. The van der Waals surface area contributed by atoms with Gasteiger partial charge in [0, 0.05) is 13.1 Å². The highest BCUT2D eigenvalue weighted by Gasteiger charge is 2.51. The Labute approximate surface area is 473 Å². The SMILES string of the molecule is COC(=O)N[C@@H](CCSC)C(=O)N1CC2CCCC2[C@H]1c1ncc(-c2ccc(C3=CC4=CC[C@@H]3C[C@@H](C)c3ccc(c(-c5ccc(-c6cnc([C@@H]7C8CCCC8CN7C(=O)[C@H](CCSC)NC(=O)OC)[nH]6)cc5)c3)CC4)cc2)[nH]1. The maximum Gasteiger partial charge on any atom is 0.407 e. The fourth-order valence-electron chi connectivity index (χ4n) is 14.2. The summed E-state index contributed by atoms with van der Waals surface area (Å²) >= 11 is 3.31. The van der Waals surface area contributed by atoms with Crippen molar-refractivity contribution in [1.29, 1.82) is 0 Å². The molecular weight excluding hydrogens is 1030 g/mol. The normalized spacial score (nSPS) is 24.9. The van der Waals surface area contributed by atoms with Gasteiger partial charge in [-0.3, -0.25) is 9.59 Å². The quantitative estimate of drug-likeness (QED) is 0.0744. The summed E-state index contributed by atoms with van der Waals surface area (Å²) in [5, 5.41) is 5.65. The molecule has 0 radical (unpaired) electrons. The van der Waals surface area contributed by atoms with Gasteiger partial charge in [0.05, 0.1) is 50.1 Å². The lowest BCUT2D eigenvalue weighted by atomic mass is 9.76. The summed E-state index contributed by atoms with van der Waals surface area (Å²) in [4.78, 5) is 74.3. The molecule has 4 unspecified atom stereocenters. The Morgan fingerprint density at radius 2 is 1.20 bits per heavy atom. The largest absolute Gasteiger partial charge is 0.453 e. The van der Waals surface area contributed by atoms with E-state index in [1.54, 1.807) is 23.5 Å². The number of aromatic nitrogens is 4. The number of imidazole rings is 2. The molecule has 4 amide bonds. The number of amides is 4. The van der Waals surface area contributed by atoms with E-state index in [0.717, 1.165) is 110 Å². The van der Waals surface area contributed by atoms with Crippen LogP contribution in [0.1, 0.15) is 124 Å². The summed E-state index contributed by atoms with van der Waals surface area (Å²) in [7, 11) is 2.67. The van der Waals surface area contributed by atoms with Gasteiger partial charge in [0.15, 0.2) is 0 Å². The number of methoxy groups -OCH3 is 2. The van der Waals surface area contributed by atoms with Crippen molar-refractivity contribution in [3.8, 4) is 33.6 Å². The third-order valence-electron chi connectivity index (χ3n) is 18.4. The average Bonchev–Trinajstić information content (AvgIpc) is 4.56. The minimum atomic E-state index is -0.654. The molecule has 4 bridgehead atoms. The van der Waals surface area contributed by atoms with Crippen molar-refractivity contribution in [2.75, 3.05) is 51.3 Å². The van der Waals surface area contributed by atoms with E-state index in [1.165, 1.54) is 53.2 Å².